The Morgan fingerprint density at radius 2 is 1.87 bits per heavy atom. The Morgan fingerprint density at radius 3 is 2.55 bits per heavy atom. The number of nitrogens with zero attached hydrogens (tertiary/aromatic N) is 5. The normalized spacial score (nSPS) is 11.3. The van der Waals surface area contributed by atoms with Gasteiger partial charge < -0.3 is 24.7 Å². The van der Waals surface area contributed by atoms with Crippen LogP contribution in [0.25, 0.3) is 0 Å². The summed E-state index contributed by atoms with van der Waals surface area (Å²) in [6.45, 7) is 6.91. The number of aryl methyl sites for hydroxylation is 1. The predicted molar refractivity (Wildman–Crippen MR) is 120 cm³/mol. The smallest absolute Gasteiger partial charge is 0.219 e. The fourth-order valence-electron chi connectivity index (χ4n) is 2.88. The third-order valence-corrected chi connectivity index (χ3v) is 4.50. The van der Waals surface area contributed by atoms with Crippen molar-refractivity contribution in [3.05, 3.63) is 60.3 Å². The van der Waals surface area contributed by atoms with E-state index in [1.54, 1.807) is 19.6 Å². The number of benzene rings is 1. The zero-order valence-corrected chi connectivity index (χ0v) is 18.2. The van der Waals surface area contributed by atoms with Crippen LogP contribution < -0.4 is 20.1 Å². The number of ether oxygens (including phenoxy) is 2. The minimum Gasteiger partial charge on any atom is -0.497 e. The minimum absolute atomic E-state index is 0.512. The quantitative estimate of drug-likeness (QED) is 0.382. The Balaban J connectivity index is 1.52. The lowest BCUT2D eigenvalue weighted by atomic mass is 10.3. The lowest BCUT2D eigenvalue weighted by Crippen LogP contribution is -2.38. The Bertz CT molecular complexity index is 953. The number of aromatic nitrogens is 4. The van der Waals surface area contributed by atoms with Crippen LogP contribution in [0.15, 0.2) is 53.9 Å². The van der Waals surface area contributed by atoms with E-state index < -0.39 is 0 Å². The molecule has 0 bridgehead atoms. The summed E-state index contributed by atoms with van der Waals surface area (Å²) in [7, 11) is 1.63. The zero-order valence-electron chi connectivity index (χ0n) is 18.2. The number of aliphatic imine (C=N–C) groups is 1. The summed E-state index contributed by atoms with van der Waals surface area (Å²) in [4.78, 5) is 9.01. The number of guanidine groups is 1. The van der Waals surface area contributed by atoms with Crippen molar-refractivity contribution >= 4 is 5.96 Å². The molecule has 0 spiro atoms. The molecule has 2 aromatic heterocycles. The highest BCUT2D eigenvalue weighted by Crippen LogP contribution is 2.22. The molecule has 0 aliphatic rings. The molecule has 3 aromatic rings. The number of hydrogen-bond donors (Lipinski definition) is 2. The molecular formula is C22H29N7O2. The van der Waals surface area contributed by atoms with Gasteiger partial charge >= 0.3 is 0 Å². The van der Waals surface area contributed by atoms with Crippen LogP contribution in [0.3, 0.4) is 0 Å². The van der Waals surface area contributed by atoms with Crippen molar-refractivity contribution in [1.82, 2.24) is 30.4 Å². The molecule has 0 amide bonds. The van der Waals surface area contributed by atoms with Gasteiger partial charge in [-0.2, -0.15) is 0 Å². The van der Waals surface area contributed by atoms with Gasteiger partial charge in [0.05, 0.1) is 13.7 Å². The third kappa shape index (κ3) is 6.70. The summed E-state index contributed by atoms with van der Waals surface area (Å²) < 4.78 is 13.0. The van der Waals surface area contributed by atoms with Gasteiger partial charge in [0, 0.05) is 38.3 Å². The van der Waals surface area contributed by atoms with E-state index >= 15 is 0 Å². The summed E-state index contributed by atoms with van der Waals surface area (Å²) >= 11 is 0. The van der Waals surface area contributed by atoms with Crippen molar-refractivity contribution < 1.29 is 9.47 Å². The standard InChI is InChI=1S/C22H29N7O2/c1-4-20-28-27-16-29(20)13-12-24-22(23-5-2)26-15-17-6-11-21(25-14-17)31-19-9-7-18(30-3)8-10-19/h6-11,14,16H,4-5,12-13,15H2,1-3H3,(H2,23,24,26). The minimum atomic E-state index is 0.512. The summed E-state index contributed by atoms with van der Waals surface area (Å²) in [6.07, 6.45) is 4.39. The first-order valence-electron chi connectivity index (χ1n) is 10.4. The van der Waals surface area contributed by atoms with Gasteiger partial charge in [-0.3, -0.25) is 0 Å². The molecule has 2 N–H and O–H groups in total. The number of hydrogen-bond acceptors (Lipinski definition) is 6. The van der Waals surface area contributed by atoms with E-state index in [0.29, 0.717) is 18.2 Å². The second-order valence-corrected chi connectivity index (χ2v) is 6.70. The van der Waals surface area contributed by atoms with Crippen molar-refractivity contribution in [1.29, 1.82) is 0 Å². The number of methoxy groups -OCH3 is 1. The van der Waals surface area contributed by atoms with E-state index in [1.165, 1.54) is 0 Å². The highest BCUT2D eigenvalue weighted by molar-refractivity contribution is 5.79. The third-order valence-electron chi connectivity index (χ3n) is 4.50. The summed E-state index contributed by atoms with van der Waals surface area (Å²) in [5.41, 5.74) is 0.992. The summed E-state index contributed by atoms with van der Waals surface area (Å²) in [6, 6.07) is 11.2. The van der Waals surface area contributed by atoms with Crippen molar-refractivity contribution in [3.63, 3.8) is 0 Å². The first-order valence-corrected chi connectivity index (χ1v) is 10.4. The molecule has 0 radical (unpaired) electrons. The average molecular weight is 424 g/mol. The molecule has 164 valence electrons. The summed E-state index contributed by atoms with van der Waals surface area (Å²) in [5, 5.41) is 14.7. The molecule has 0 aliphatic heterocycles. The van der Waals surface area contributed by atoms with Crippen LogP contribution >= 0.6 is 0 Å². The van der Waals surface area contributed by atoms with Crippen molar-refractivity contribution in [2.24, 2.45) is 4.99 Å². The van der Waals surface area contributed by atoms with Gasteiger partial charge in [-0.05, 0) is 36.8 Å². The average Bonchev–Trinajstić information content (AvgIpc) is 3.26. The van der Waals surface area contributed by atoms with Crippen molar-refractivity contribution in [3.8, 4) is 17.4 Å². The molecule has 9 nitrogen and oxygen atoms in total. The fourth-order valence-corrected chi connectivity index (χ4v) is 2.88. The Morgan fingerprint density at radius 1 is 1.06 bits per heavy atom. The lowest BCUT2D eigenvalue weighted by Gasteiger charge is -2.12. The molecule has 3 rings (SSSR count). The van der Waals surface area contributed by atoms with E-state index in [4.69, 9.17) is 9.47 Å². The second-order valence-electron chi connectivity index (χ2n) is 6.70. The number of pyridine rings is 1. The van der Waals surface area contributed by atoms with Crippen LogP contribution in [0.5, 0.6) is 17.4 Å². The predicted octanol–water partition coefficient (Wildman–Crippen LogP) is 2.79. The maximum atomic E-state index is 5.76. The van der Waals surface area contributed by atoms with Crippen LogP contribution in [0, 0.1) is 0 Å². The lowest BCUT2D eigenvalue weighted by molar-refractivity contribution is 0.412. The monoisotopic (exact) mass is 423 g/mol. The second kappa shape index (κ2) is 11.5. The van der Waals surface area contributed by atoms with Gasteiger partial charge in [-0.25, -0.2) is 9.98 Å². The van der Waals surface area contributed by atoms with E-state index in [0.717, 1.165) is 49.2 Å². The Labute approximate surface area is 182 Å². The van der Waals surface area contributed by atoms with E-state index in [1.807, 2.05) is 47.9 Å². The molecule has 0 saturated carbocycles. The largest absolute Gasteiger partial charge is 0.497 e. The van der Waals surface area contributed by atoms with Crippen LogP contribution in [-0.2, 0) is 19.5 Å². The maximum absolute atomic E-state index is 5.76. The molecule has 0 aliphatic carbocycles. The zero-order chi connectivity index (χ0) is 21.9. The van der Waals surface area contributed by atoms with Gasteiger partial charge in [0.1, 0.15) is 23.7 Å². The fraction of sp³-hybridized carbons (Fsp3) is 0.364. The molecule has 2 heterocycles. The van der Waals surface area contributed by atoms with Crippen molar-refractivity contribution in [2.75, 3.05) is 20.2 Å². The molecule has 0 fully saturated rings. The molecule has 1 aromatic carbocycles. The Hall–Kier alpha value is -3.62. The van der Waals surface area contributed by atoms with Gasteiger partial charge in [0.2, 0.25) is 5.88 Å². The number of nitrogens with one attached hydrogen (secondary N) is 2. The molecule has 9 heteroatoms. The Kier molecular flexibility index (Phi) is 8.21. The van der Waals surface area contributed by atoms with E-state index in [2.05, 4.69) is 37.7 Å². The van der Waals surface area contributed by atoms with Crippen LogP contribution in [0.4, 0.5) is 0 Å². The molecular weight excluding hydrogens is 394 g/mol. The van der Waals surface area contributed by atoms with Crippen LogP contribution in [0.1, 0.15) is 25.2 Å². The van der Waals surface area contributed by atoms with Crippen LogP contribution in [0.2, 0.25) is 0 Å². The van der Waals surface area contributed by atoms with Gasteiger partial charge in [0.25, 0.3) is 0 Å². The highest BCUT2D eigenvalue weighted by Gasteiger charge is 2.03. The first kappa shape index (κ1) is 22.1. The van der Waals surface area contributed by atoms with Gasteiger partial charge in [-0.1, -0.05) is 13.0 Å². The first-order chi connectivity index (χ1) is 15.2. The highest BCUT2D eigenvalue weighted by atomic mass is 16.5. The molecule has 0 saturated heterocycles. The molecule has 0 atom stereocenters. The molecule has 0 unspecified atom stereocenters. The van der Waals surface area contributed by atoms with Gasteiger partial charge in [-0.15, -0.1) is 10.2 Å². The van der Waals surface area contributed by atoms with E-state index in [9.17, 15) is 0 Å². The topological polar surface area (TPSA) is 98.5 Å². The summed E-state index contributed by atoms with van der Waals surface area (Å²) in [5.74, 6) is 3.76. The molecule has 31 heavy (non-hydrogen) atoms. The van der Waals surface area contributed by atoms with Crippen molar-refractivity contribution in [2.45, 2.75) is 33.4 Å². The van der Waals surface area contributed by atoms with E-state index in [-0.39, 0.29) is 0 Å². The van der Waals surface area contributed by atoms with Gasteiger partial charge in [0.15, 0.2) is 5.96 Å². The number of rotatable bonds is 10. The SMILES string of the molecule is CCNC(=NCc1ccc(Oc2ccc(OC)cc2)nc1)NCCn1cnnc1CC. The van der Waals surface area contributed by atoms with Crippen LogP contribution in [-0.4, -0.2) is 45.9 Å². The maximum Gasteiger partial charge on any atom is 0.219 e.